The summed E-state index contributed by atoms with van der Waals surface area (Å²) in [7, 11) is 3.79. The number of hydrogen-bond acceptors (Lipinski definition) is 4. The number of rotatable bonds is 7. The van der Waals surface area contributed by atoms with Crippen molar-refractivity contribution in [3.63, 3.8) is 0 Å². The molecule has 1 aromatic heterocycles. The van der Waals surface area contributed by atoms with Crippen molar-refractivity contribution >= 4 is 16.8 Å². The Morgan fingerprint density at radius 1 is 1.10 bits per heavy atom. The summed E-state index contributed by atoms with van der Waals surface area (Å²) in [6.45, 7) is 4.91. The van der Waals surface area contributed by atoms with Crippen LogP contribution in [0.15, 0.2) is 54.7 Å². The summed E-state index contributed by atoms with van der Waals surface area (Å²) in [5.41, 5.74) is 3.45. The molecule has 0 bridgehead atoms. The Morgan fingerprint density at radius 2 is 1.83 bits per heavy atom. The summed E-state index contributed by atoms with van der Waals surface area (Å²) >= 11 is 0. The first-order valence-corrected chi connectivity index (χ1v) is 10.5. The smallest absolute Gasteiger partial charge is 0.234 e. The molecule has 30 heavy (non-hydrogen) atoms. The van der Waals surface area contributed by atoms with Crippen molar-refractivity contribution in [3.05, 3.63) is 65.9 Å². The average Bonchev–Trinajstić information content (AvgIpc) is 3.20. The molecule has 1 atom stereocenters. The lowest BCUT2D eigenvalue weighted by molar-refractivity contribution is -0.122. The van der Waals surface area contributed by atoms with E-state index in [2.05, 4.69) is 63.7 Å². The predicted molar refractivity (Wildman–Crippen MR) is 120 cm³/mol. The molecule has 2 N–H and O–H groups in total. The monoisotopic (exact) mass is 406 g/mol. The number of benzene rings is 2. The number of carbonyl (C=O) groups excluding carboxylic acids is 1. The third-order valence-electron chi connectivity index (χ3n) is 5.98. The zero-order chi connectivity index (χ0) is 20.9. The Kier molecular flexibility index (Phi) is 6.35. The molecule has 1 aliphatic rings. The molecule has 1 unspecified atom stereocenters. The second kappa shape index (κ2) is 9.32. The highest BCUT2D eigenvalue weighted by Crippen LogP contribution is 2.31. The maximum atomic E-state index is 12.7. The highest BCUT2D eigenvalue weighted by Gasteiger charge is 2.21. The number of nitrogens with one attached hydrogen (secondary N) is 2. The minimum absolute atomic E-state index is 0.0588. The minimum Gasteiger partial charge on any atom is -0.497 e. The lowest BCUT2D eigenvalue weighted by Gasteiger charge is -2.31. The largest absolute Gasteiger partial charge is 0.497 e. The van der Waals surface area contributed by atoms with Crippen molar-refractivity contribution in [1.82, 2.24) is 20.1 Å². The zero-order valence-electron chi connectivity index (χ0n) is 17.7. The quantitative estimate of drug-likeness (QED) is 0.633. The molecule has 0 aliphatic carbocycles. The maximum Gasteiger partial charge on any atom is 0.234 e. The number of para-hydroxylation sites is 1. The van der Waals surface area contributed by atoms with Gasteiger partial charge in [0, 0.05) is 55.7 Å². The zero-order valence-corrected chi connectivity index (χ0v) is 17.7. The van der Waals surface area contributed by atoms with Crippen LogP contribution in [0.4, 0.5) is 0 Å². The molecule has 0 saturated carbocycles. The molecule has 0 radical (unpaired) electrons. The van der Waals surface area contributed by atoms with E-state index in [1.54, 1.807) is 7.11 Å². The van der Waals surface area contributed by atoms with Gasteiger partial charge in [-0.1, -0.05) is 30.3 Å². The van der Waals surface area contributed by atoms with Gasteiger partial charge >= 0.3 is 0 Å². The molecule has 1 saturated heterocycles. The molecule has 3 aromatic rings. The number of amides is 1. The standard InChI is InChI=1S/C24H30N4O2/c1-27-11-13-28(14-12-27)17-24(29)26-15-21(18-7-9-19(30-2)10-8-18)22-16-25-23-6-4-3-5-20(22)23/h3-10,16,21,25H,11-15,17H2,1-2H3,(H,26,29). The number of ether oxygens (including phenoxy) is 1. The van der Waals surface area contributed by atoms with E-state index in [-0.39, 0.29) is 11.8 Å². The van der Waals surface area contributed by atoms with Crippen molar-refractivity contribution in [2.75, 3.05) is 53.4 Å². The van der Waals surface area contributed by atoms with E-state index >= 15 is 0 Å². The molecular formula is C24H30N4O2. The van der Waals surface area contributed by atoms with Crippen LogP contribution in [-0.4, -0.2) is 74.1 Å². The van der Waals surface area contributed by atoms with Crippen LogP contribution in [0.1, 0.15) is 17.0 Å². The summed E-state index contributed by atoms with van der Waals surface area (Å²) < 4.78 is 5.32. The van der Waals surface area contributed by atoms with Gasteiger partial charge in [-0.25, -0.2) is 0 Å². The van der Waals surface area contributed by atoms with Crippen LogP contribution in [0.3, 0.4) is 0 Å². The molecule has 1 amide bonds. The first-order chi connectivity index (χ1) is 14.6. The van der Waals surface area contributed by atoms with Gasteiger partial charge in [-0.3, -0.25) is 9.69 Å². The molecule has 2 aromatic carbocycles. The summed E-state index contributed by atoms with van der Waals surface area (Å²) in [5, 5.41) is 4.37. The molecule has 6 heteroatoms. The van der Waals surface area contributed by atoms with Crippen molar-refractivity contribution < 1.29 is 9.53 Å². The van der Waals surface area contributed by atoms with Crippen LogP contribution in [0.25, 0.3) is 10.9 Å². The van der Waals surface area contributed by atoms with Gasteiger partial charge in [0.2, 0.25) is 5.91 Å². The second-order valence-corrected chi connectivity index (χ2v) is 8.00. The fourth-order valence-electron chi connectivity index (χ4n) is 4.11. The third kappa shape index (κ3) is 4.66. The van der Waals surface area contributed by atoms with E-state index in [1.165, 1.54) is 10.9 Å². The van der Waals surface area contributed by atoms with Crippen LogP contribution < -0.4 is 10.1 Å². The molecule has 158 valence electrons. The van der Waals surface area contributed by atoms with Crippen molar-refractivity contribution in [2.24, 2.45) is 0 Å². The third-order valence-corrected chi connectivity index (χ3v) is 5.98. The van der Waals surface area contributed by atoms with Gasteiger partial charge in [0.05, 0.1) is 13.7 Å². The summed E-state index contributed by atoms with van der Waals surface area (Å²) in [6, 6.07) is 16.4. The highest BCUT2D eigenvalue weighted by molar-refractivity contribution is 5.84. The fourth-order valence-corrected chi connectivity index (χ4v) is 4.11. The van der Waals surface area contributed by atoms with E-state index in [4.69, 9.17) is 4.74 Å². The van der Waals surface area contributed by atoms with E-state index in [9.17, 15) is 4.79 Å². The van der Waals surface area contributed by atoms with Crippen molar-refractivity contribution in [2.45, 2.75) is 5.92 Å². The molecule has 0 spiro atoms. The SMILES string of the molecule is COc1ccc(C(CNC(=O)CN2CCN(C)CC2)c2c[nH]c3ccccc23)cc1. The van der Waals surface area contributed by atoms with E-state index in [0.717, 1.165) is 43.0 Å². The van der Waals surface area contributed by atoms with Gasteiger partial charge in [0.15, 0.2) is 0 Å². The van der Waals surface area contributed by atoms with Crippen LogP contribution in [0.2, 0.25) is 0 Å². The Morgan fingerprint density at radius 3 is 2.57 bits per heavy atom. The van der Waals surface area contributed by atoms with Gasteiger partial charge in [0.25, 0.3) is 0 Å². The number of methoxy groups -OCH3 is 1. The molecule has 4 rings (SSSR count). The van der Waals surface area contributed by atoms with Gasteiger partial charge in [-0.05, 0) is 36.4 Å². The number of hydrogen-bond donors (Lipinski definition) is 2. The van der Waals surface area contributed by atoms with Gasteiger partial charge in [0.1, 0.15) is 5.75 Å². The lowest BCUT2D eigenvalue weighted by atomic mass is 9.90. The molecule has 1 fully saturated rings. The Hall–Kier alpha value is -2.83. The molecule has 6 nitrogen and oxygen atoms in total. The van der Waals surface area contributed by atoms with E-state index < -0.39 is 0 Å². The number of aromatic amines is 1. The van der Waals surface area contributed by atoms with E-state index in [0.29, 0.717) is 13.1 Å². The number of fused-ring (bicyclic) bond motifs is 1. The van der Waals surface area contributed by atoms with Gasteiger partial charge in [-0.2, -0.15) is 0 Å². The second-order valence-electron chi connectivity index (χ2n) is 8.00. The number of aromatic nitrogens is 1. The molecule has 2 heterocycles. The number of carbonyl (C=O) groups is 1. The maximum absolute atomic E-state index is 12.7. The number of nitrogens with zero attached hydrogens (tertiary/aromatic N) is 2. The van der Waals surface area contributed by atoms with Gasteiger partial charge in [-0.15, -0.1) is 0 Å². The molecular weight excluding hydrogens is 376 g/mol. The Labute approximate surface area is 177 Å². The van der Waals surface area contributed by atoms with E-state index in [1.807, 2.05) is 18.2 Å². The Bertz CT molecular complexity index is 974. The fraction of sp³-hybridized carbons (Fsp3) is 0.375. The Balaban J connectivity index is 1.51. The summed E-state index contributed by atoms with van der Waals surface area (Å²) in [5.74, 6) is 0.969. The number of likely N-dealkylation sites (N-methyl/N-ethyl adjacent to an activating group) is 1. The first-order valence-electron chi connectivity index (χ1n) is 10.5. The predicted octanol–water partition coefficient (Wildman–Crippen LogP) is 2.67. The van der Waals surface area contributed by atoms with Crippen molar-refractivity contribution in [3.8, 4) is 5.75 Å². The molecule has 1 aliphatic heterocycles. The van der Waals surface area contributed by atoms with Crippen molar-refractivity contribution in [1.29, 1.82) is 0 Å². The lowest BCUT2D eigenvalue weighted by Crippen LogP contribution is -2.48. The van der Waals surface area contributed by atoms with Gasteiger partial charge < -0.3 is 19.9 Å². The first kappa shape index (κ1) is 20.4. The topological polar surface area (TPSA) is 60.6 Å². The highest BCUT2D eigenvalue weighted by atomic mass is 16.5. The summed E-state index contributed by atoms with van der Waals surface area (Å²) in [4.78, 5) is 20.6. The summed E-state index contributed by atoms with van der Waals surface area (Å²) in [6.07, 6.45) is 2.06. The average molecular weight is 407 g/mol. The van der Waals surface area contributed by atoms with Crippen LogP contribution in [0, 0.1) is 0 Å². The van der Waals surface area contributed by atoms with Crippen LogP contribution in [-0.2, 0) is 4.79 Å². The van der Waals surface area contributed by atoms with Crippen LogP contribution >= 0.6 is 0 Å². The minimum atomic E-state index is 0.0588. The number of H-pyrrole nitrogens is 1. The number of piperazine rings is 1. The normalized spacial score (nSPS) is 16.5. The van der Waals surface area contributed by atoms with Crippen LogP contribution in [0.5, 0.6) is 5.75 Å².